The molecular formula is C14H20NO3S+. The van der Waals surface area contributed by atoms with Gasteiger partial charge in [-0.3, -0.25) is 10.1 Å². The summed E-state index contributed by atoms with van der Waals surface area (Å²) < 4.78 is 16.4. The fourth-order valence-electron chi connectivity index (χ4n) is 2.29. The molecule has 0 spiro atoms. The molecule has 0 amide bonds. The van der Waals surface area contributed by atoms with Gasteiger partial charge in [0.15, 0.2) is 0 Å². The predicted octanol–water partition coefficient (Wildman–Crippen LogP) is 1.18. The zero-order valence-electron chi connectivity index (χ0n) is 11.1. The van der Waals surface area contributed by atoms with E-state index in [-0.39, 0.29) is 11.5 Å². The summed E-state index contributed by atoms with van der Waals surface area (Å²) in [5, 5.41) is 3.38. The summed E-state index contributed by atoms with van der Waals surface area (Å²) in [6.07, 6.45) is 0.300. The summed E-state index contributed by atoms with van der Waals surface area (Å²) in [5.74, 6) is 0.910. The standard InChI is InChI=1S/C14H19NO3S/c1-2-18-13(16)8-14(10-19(17)11-14)15-9-12-6-4-3-5-7-12/h3-7,15H,2,8-11H2,1H3/p+1. The van der Waals surface area contributed by atoms with Crippen LogP contribution in [0, 0.1) is 0 Å². The molecule has 2 rings (SSSR count). The van der Waals surface area contributed by atoms with Gasteiger partial charge in [0.1, 0.15) is 17.0 Å². The maximum atomic E-state index is 11.6. The third-order valence-electron chi connectivity index (χ3n) is 3.26. The molecule has 19 heavy (non-hydrogen) atoms. The van der Waals surface area contributed by atoms with Crippen molar-refractivity contribution < 1.29 is 13.7 Å². The highest BCUT2D eigenvalue weighted by atomic mass is 32.2. The van der Waals surface area contributed by atoms with Gasteiger partial charge in [-0.05, 0) is 12.5 Å². The minimum Gasteiger partial charge on any atom is -0.466 e. The molecule has 0 aliphatic carbocycles. The smallest absolute Gasteiger partial charge is 0.308 e. The Balaban J connectivity index is 1.92. The van der Waals surface area contributed by atoms with Gasteiger partial charge in [-0.15, -0.1) is 4.21 Å². The van der Waals surface area contributed by atoms with E-state index in [1.807, 2.05) is 30.3 Å². The fourth-order valence-corrected chi connectivity index (χ4v) is 3.99. The number of esters is 1. The van der Waals surface area contributed by atoms with Gasteiger partial charge >= 0.3 is 5.97 Å². The third-order valence-corrected chi connectivity index (χ3v) is 5.17. The molecular weight excluding hydrogens is 262 g/mol. The first-order valence-corrected chi connectivity index (χ1v) is 8.13. The maximum Gasteiger partial charge on any atom is 0.308 e. The minimum absolute atomic E-state index is 0.217. The summed E-state index contributed by atoms with van der Waals surface area (Å²) in [6, 6.07) is 10.00. The number of carbonyl (C=O) groups excluding carboxylic acids is 1. The third kappa shape index (κ3) is 3.88. The SMILES string of the molecule is CCOC(=O)CC1(NCc2ccccc2)C[SH+](=O)C1. The molecule has 1 aromatic rings. The van der Waals surface area contributed by atoms with Crippen molar-refractivity contribution in [2.24, 2.45) is 0 Å². The van der Waals surface area contributed by atoms with Gasteiger partial charge in [-0.2, -0.15) is 0 Å². The van der Waals surface area contributed by atoms with Crippen molar-refractivity contribution in [3.05, 3.63) is 35.9 Å². The molecule has 1 fully saturated rings. The van der Waals surface area contributed by atoms with Crippen LogP contribution in [-0.2, 0) is 31.1 Å². The molecule has 4 nitrogen and oxygen atoms in total. The molecule has 0 saturated carbocycles. The lowest BCUT2D eigenvalue weighted by molar-refractivity contribution is -0.144. The largest absolute Gasteiger partial charge is 0.466 e. The van der Waals surface area contributed by atoms with Crippen LogP contribution in [0.15, 0.2) is 30.3 Å². The van der Waals surface area contributed by atoms with E-state index in [4.69, 9.17) is 4.74 Å². The van der Waals surface area contributed by atoms with Crippen molar-refractivity contribution in [1.29, 1.82) is 0 Å². The summed E-state index contributed by atoms with van der Waals surface area (Å²) in [5.41, 5.74) is 0.822. The van der Waals surface area contributed by atoms with Gasteiger partial charge in [-0.25, -0.2) is 0 Å². The number of rotatable bonds is 6. The summed E-state index contributed by atoms with van der Waals surface area (Å²) in [6.45, 7) is 2.87. The highest BCUT2D eigenvalue weighted by Gasteiger charge is 2.50. The Hall–Kier alpha value is -1.20. The van der Waals surface area contributed by atoms with Crippen molar-refractivity contribution in [2.45, 2.75) is 25.4 Å². The van der Waals surface area contributed by atoms with Crippen molar-refractivity contribution in [3.63, 3.8) is 0 Å². The lowest BCUT2D eigenvalue weighted by Crippen LogP contribution is -2.62. The predicted molar refractivity (Wildman–Crippen MR) is 76.4 cm³/mol. The minimum atomic E-state index is -1.15. The second-order valence-electron chi connectivity index (χ2n) is 4.90. The van der Waals surface area contributed by atoms with Gasteiger partial charge in [0.25, 0.3) is 0 Å². The van der Waals surface area contributed by atoms with Crippen molar-refractivity contribution in [2.75, 3.05) is 18.1 Å². The van der Waals surface area contributed by atoms with Crippen LogP contribution in [0.1, 0.15) is 18.9 Å². The lowest BCUT2D eigenvalue weighted by atomic mass is 9.98. The van der Waals surface area contributed by atoms with E-state index in [1.165, 1.54) is 0 Å². The number of thiol groups is 1. The first kappa shape index (κ1) is 14.2. The fraction of sp³-hybridized carbons (Fsp3) is 0.500. The Bertz CT molecular complexity index is 453. The Morgan fingerprint density at radius 1 is 1.37 bits per heavy atom. The molecule has 1 aliphatic heterocycles. The maximum absolute atomic E-state index is 11.6. The molecule has 1 saturated heterocycles. The van der Waals surface area contributed by atoms with E-state index in [0.29, 0.717) is 31.1 Å². The molecule has 1 aromatic carbocycles. The quantitative estimate of drug-likeness (QED) is 0.483. The zero-order chi connectivity index (χ0) is 13.7. The van der Waals surface area contributed by atoms with Crippen LogP contribution in [0.2, 0.25) is 0 Å². The molecule has 0 radical (unpaired) electrons. The van der Waals surface area contributed by atoms with Crippen LogP contribution in [-0.4, -0.2) is 29.6 Å². The zero-order valence-corrected chi connectivity index (χ0v) is 12.0. The van der Waals surface area contributed by atoms with Crippen LogP contribution >= 0.6 is 0 Å². The van der Waals surface area contributed by atoms with Gasteiger partial charge in [-0.1, -0.05) is 30.3 Å². The van der Waals surface area contributed by atoms with E-state index in [2.05, 4.69) is 5.32 Å². The van der Waals surface area contributed by atoms with Gasteiger partial charge in [0, 0.05) is 6.54 Å². The van der Waals surface area contributed by atoms with Gasteiger partial charge in [0.2, 0.25) is 0 Å². The van der Waals surface area contributed by atoms with Crippen molar-refractivity contribution in [1.82, 2.24) is 5.32 Å². The number of hydrogen-bond donors (Lipinski definition) is 1. The highest BCUT2D eigenvalue weighted by Crippen LogP contribution is 2.25. The lowest BCUT2D eigenvalue weighted by Gasteiger charge is -2.36. The van der Waals surface area contributed by atoms with E-state index in [1.54, 1.807) is 6.92 Å². The first-order valence-electron chi connectivity index (χ1n) is 6.50. The van der Waals surface area contributed by atoms with E-state index < -0.39 is 10.8 Å². The summed E-state index contributed by atoms with van der Waals surface area (Å²) in [7, 11) is -1.15. The summed E-state index contributed by atoms with van der Waals surface area (Å²) >= 11 is 0. The van der Waals surface area contributed by atoms with Crippen LogP contribution in [0.25, 0.3) is 0 Å². The number of benzene rings is 1. The van der Waals surface area contributed by atoms with Crippen molar-refractivity contribution >= 4 is 16.8 Å². The molecule has 1 N–H and O–H groups in total. The monoisotopic (exact) mass is 282 g/mol. The molecule has 0 bridgehead atoms. The average molecular weight is 282 g/mol. The van der Waals surface area contributed by atoms with Crippen LogP contribution in [0.3, 0.4) is 0 Å². The number of nitrogens with one attached hydrogen (secondary N) is 1. The van der Waals surface area contributed by atoms with Gasteiger partial charge in [0.05, 0.1) is 23.8 Å². The Labute approximate surface area is 116 Å². The van der Waals surface area contributed by atoms with E-state index in [9.17, 15) is 9.00 Å². The second-order valence-corrected chi connectivity index (χ2v) is 6.50. The first-order chi connectivity index (χ1) is 9.13. The molecule has 104 valence electrons. The van der Waals surface area contributed by atoms with Crippen LogP contribution in [0.5, 0.6) is 0 Å². The topological polar surface area (TPSA) is 55.4 Å². The second kappa shape index (κ2) is 6.30. The Morgan fingerprint density at radius 2 is 2.05 bits per heavy atom. The highest BCUT2D eigenvalue weighted by molar-refractivity contribution is 7.86. The molecule has 1 aliphatic rings. The van der Waals surface area contributed by atoms with Gasteiger partial charge < -0.3 is 4.74 Å². The number of carbonyl (C=O) groups is 1. The normalized spacial score (nSPS) is 25.6. The van der Waals surface area contributed by atoms with E-state index >= 15 is 0 Å². The number of hydrogen-bond acceptors (Lipinski definition) is 4. The molecule has 1 heterocycles. The molecule has 0 unspecified atom stereocenters. The Kier molecular flexibility index (Phi) is 4.71. The Morgan fingerprint density at radius 3 is 2.63 bits per heavy atom. The molecule has 0 aromatic heterocycles. The number of ether oxygens (including phenoxy) is 1. The summed E-state index contributed by atoms with van der Waals surface area (Å²) in [4.78, 5) is 11.6. The van der Waals surface area contributed by atoms with Crippen LogP contribution < -0.4 is 5.32 Å². The van der Waals surface area contributed by atoms with Crippen LogP contribution in [0.4, 0.5) is 0 Å². The van der Waals surface area contributed by atoms with E-state index in [0.717, 1.165) is 5.56 Å². The molecule has 5 heteroatoms. The average Bonchev–Trinajstić information content (AvgIpc) is 2.36. The van der Waals surface area contributed by atoms with Crippen molar-refractivity contribution in [3.8, 4) is 0 Å². The molecule has 0 atom stereocenters.